The highest BCUT2D eigenvalue weighted by molar-refractivity contribution is 7.87. The van der Waals surface area contributed by atoms with Gasteiger partial charge in [-0.15, -0.1) is 0 Å². The summed E-state index contributed by atoms with van der Waals surface area (Å²) in [5.74, 6) is 0. The van der Waals surface area contributed by atoms with Crippen LogP contribution in [0.1, 0.15) is 33.6 Å². The zero-order valence-electron chi connectivity index (χ0n) is 9.21. The highest BCUT2D eigenvalue weighted by Crippen LogP contribution is 2.21. The number of hydrogen-bond acceptors (Lipinski definition) is 2. The first-order valence-corrected chi connectivity index (χ1v) is 6.56. The van der Waals surface area contributed by atoms with Gasteiger partial charge in [-0.2, -0.15) is 12.7 Å². The molecule has 1 aliphatic heterocycles. The molecule has 5 heteroatoms. The molecule has 1 heterocycles. The minimum atomic E-state index is -3.16. The van der Waals surface area contributed by atoms with E-state index in [1.165, 1.54) is 4.31 Å². The molecule has 0 aromatic rings. The van der Waals surface area contributed by atoms with Crippen LogP contribution in [-0.2, 0) is 10.2 Å². The first kappa shape index (κ1) is 11.9. The van der Waals surface area contributed by atoms with E-state index in [1.54, 1.807) is 0 Å². The van der Waals surface area contributed by atoms with Crippen LogP contribution < -0.4 is 4.72 Å². The molecule has 1 N–H and O–H groups in total. The molecule has 1 aliphatic rings. The van der Waals surface area contributed by atoms with Gasteiger partial charge in [0.05, 0.1) is 0 Å². The van der Waals surface area contributed by atoms with E-state index in [1.807, 2.05) is 0 Å². The summed E-state index contributed by atoms with van der Waals surface area (Å²) < 4.78 is 27.0. The van der Waals surface area contributed by atoms with Crippen molar-refractivity contribution < 1.29 is 8.42 Å². The molecule has 0 aromatic heterocycles. The summed E-state index contributed by atoms with van der Waals surface area (Å²) >= 11 is 0. The molecule has 1 saturated heterocycles. The lowest BCUT2D eigenvalue weighted by atomic mass is 9.88. The minimum absolute atomic E-state index is 0.0534. The standard InChI is InChI=1S/C9H20N2O2S/c1-4-5-9(2,3)8-10-14(12,13)11-6-7-11/h10H,4-8H2,1-3H3. The van der Waals surface area contributed by atoms with Gasteiger partial charge in [0.25, 0.3) is 10.2 Å². The Kier molecular flexibility index (Phi) is 3.55. The maximum absolute atomic E-state index is 11.5. The Labute approximate surface area is 86.9 Å². The van der Waals surface area contributed by atoms with Crippen LogP contribution in [-0.4, -0.2) is 32.4 Å². The van der Waals surface area contributed by atoms with Crippen LogP contribution in [0, 0.1) is 5.41 Å². The van der Waals surface area contributed by atoms with Crippen molar-refractivity contribution in [3.05, 3.63) is 0 Å². The van der Waals surface area contributed by atoms with Gasteiger partial charge in [0, 0.05) is 19.6 Å². The van der Waals surface area contributed by atoms with Crippen LogP contribution in [0.3, 0.4) is 0 Å². The third kappa shape index (κ3) is 3.55. The van der Waals surface area contributed by atoms with E-state index < -0.39 is 10.2 Å². The lowest BCUT2D eigenvalue weighted by Gasteiger charge is -2.24. The molecule has 0 aliphatic carbocycles. The molecular formula is C9H20N2O2S. The number of nitrogens with one attached hydrogen (secondary N) is 1. The molecule has 0 atom stereocenters. The zero-order valence-corrected chi connectivity index (χ0v) is 10.0. The van der Waals surface area contributed by atoms with Crippen molar-refractivity contribution in [2.75, 3.05) is 19.6 Å². The summed E-state index contributed by atoms with van der Waals surface area (Å²) in [7, 11) is -3.16. The summed E-state index contributed by atoms with van der Waals surface area (Å²) in [5, 5.41) is 0. The highest BCUT2D eigenvalue weighted by atomic mass is 32.2. The van der Waals surface area contributed by atoms with Gasteiger partial charge in [0.2, 0.25) is 0 Å². The molecule has 1 fully saturated rings. The summed E-state index contributed by atoms with van der Waals surface area (Å²) in [6.45, 7) is 8.15. The van der Waals surface area contributed by atoms with Crippen molar-refractivity contribution >= 4 is 10.2 Å². The van der Waals surface area contributed by atoms with Crippen LogP contribution in [0.15, 0.2) is 0 Å². The zero-order chi connectivity index (χ0) is 10.8. The van der Waals surface area contributed by atoms with Gasteiger partial charge in [-0.05, 0) is 11.8 Å². The molecule has 0 spiro atoms. The summed E-state index contributed by atoms with van der Waals surface area (Å²) in [6, 6.07) is 0. The molecule has 0 radical (unpaired) electrons. The maximum atomic E-state index is 11.5. The monoisotopic (exact) mass is 220 g/mol. The van der Waals surface area contributed by atoms with E-state index in [2.05, 4.69) is 25.5 Å². The second-order valence-electron chi connectivity index (χ2n) is 4.64. The van der Waals surface area contributed by atoms with Crippen molar-refractivity contribution in [1.29, 1.82) is 0 Å². The van der Waals surface area contributed by atoms with Gasteiger partial charge in [-0.1, -0.05) is 27.2 Å². The molecule has 84 valence electrons. The van der Waals surface area contributed by atoms with Crippen LogP contribution in [0.25, 0.3) is 0 Å². The van der Waals surface area contributed by atoms with Crippen LogP contribution in [0.5, 0.6) is 0 Å². The number of hydrogen-bond donors (Lipinski definition) is 1. The predicted octanol–water partition coefficient (Wildman–Crippen LogP) is 0.963. The Morgan fingerprint density at radius 2 is 1.93 bits per heavy atom. The van der Waals surface area contributed by atoms with Gasteiger partial charge < -0.3 is 0 Å². The van der Waals surface area contributed by atoms with E-state index in [-0.39, 0.29) is 5.41 Å². The smallest absolute Gasteiger partial charge is 0.202 e. The molecule has 0 saturated carbocycles. The van der Waals surface area contributed by atoms with Crippen molar-refractivity contribution in [2.45, 2.75) is 33.6 Å². The fourth-order valence-corrected chi connectivity index (χ4v) is 2.74. The number of rotatable bonds is 6. The fourth-order valence-electron chi connectivity index (χ4n) is 1.42. The topological polar surface area (TPSA) is 49.2 Å². The van der Waals surface area contributed by atoms with Crippen molar-refractivity contribution in [1.82, 2.24) is 9.03 Å². The Balaban J connectivity index is 2.39. The summed E-state index contributed by atoms with van der Waals surface area (Å²) in [5.41, 5.74) is 0.0534. The Morgan fingerprint density at radius 1 is 1.36 bits per heavy atom. The predicted molar refractivity (Wildman–Crippen MR) is 57.2 cm³/mol. The van der Waals surface area contributed by atoms with Crippen LogP contribution >= 0.6 is 0 Å². The van der Waals surface area contributed by atoms with Gasteiger partial charge in [-0.25, -0.2) is 4.72 Å². The second kappa shape index (κ2) is 4.16. The van der Waals surface area contributed by atoms with E-state index in [0.29, 0.717) is 19.6 Å². The van der Waals surface area contributed by atoms with Gasteiger partial charge in [0.1, 0.15) is 0 Å². The molecule has 1 rings (SSSR count). The van der Waals surface area contributed by atoms with E-state index in [4.69, 9.17) is 0 Å². The lowest BCUT2D eigenvalue weighted by Crippen LogP contribution is -2.37. The van der Waals surface area contributed by atoms with Gasteiger partial charge >= 0.3 is 0 Å². The van der Waals surface area contributed by atoms with Crippen LogP contribution in [0.4, 0.5) is 0 Å². The third-order valence-corrected chi connectivity index (χ3v) is 3.96. The number of nitrogens with zero attached hydrogens (tertiary/aromatic N) is 1. The first-order valence-electron chi connectivity index (χ1n) is 5.12. The van der Waals surface area contributed by atoms with Gasteiger partial charge in [-0.3, -0.25) is 0 Å². The van der Waals surface area contributed by atoms with Gasteiger partial charge in [0.15, 0.2) is 0 Å². The average Bonchev–Trinajstić information content (AvgIpc) is 2.83. The summed E-state index contributed by atoms with van der Waals surface area (Å²) in [4.78, 5) is 0. The van der Waals surface area contributed by atoms with E-state index in [9.17, 15) is 8.42 Å². The molecule has 0 aromatic carbocycles. The Bertz CT molecular complexity index is 281. The van der Waals surface area contributed by atoms with E-state index >= 15 is 0 Å². The first-order chi connectivity index (χ1) is 6.37. The van der Waals surface area contributed by atoms with Crippen molar-refractivity contribution in [3.8, 4) is 0 Å². The third-order valence-electron chi connectivity index (χ3n) is 2.41. The molecular weight excluding hydrogens is 200 g/mol. The quantitative estimate of drug-likeness (QED) is 0.678. The average molecular weight is 220 g/mol. The Morgan fingerprint density at radius 3 is 2.36 bits per heavy atom. The molecule has 0 amide bonds. The van der Waals surface area contributed by atoms with Crippen LogP contribution in [0.2, 0.25) is 0 Å². The molecule has 0 bridgehead atoms. The van der Waals surface area contributed by atoms with Crippen molar-refractivity contribution in [2.24, 2.45) is 5.41 Å². The lowest BCUT2D eigenvalue weighted by molar-refractivity contribution is 0.329. The highest BCUT2D eigenvalue weighted by Gasteiger charge is 2.32. The largest absolute Gasteiger partial charge is 0.279 e. The molecule has 14 heavy (non-hydrogen) atoms. The Hall–Kier alpha value is -0.130. The maximum Gasteiger partial charge on any atom is 0.279 e. The SMILES string of the molecule is CCCC(C)(C)CNS(=O)(=O)N1CC1. The second-order valence-corrected chi connectivity index (χ2v) is 6.39. The molecule has 4 nitrogen and oxygen atoms in total. The van der Waals surface area contributed by atoms with Crippen molar-refractivity contribution in [3.63, 3.8) is 0 Å². The minimum Gasteiger partial charge on any atom is -0.202 e. The molecule has 0 unspecified atom stereocenters. The summed E-state index contributed by atoms with van der Waals surface area (Å²) in [6.07, 6.45) is 2.12. The fraction of sp³-hybridized carbons (Fsp3) is 1.00. The normalized spacial score (nSPS) is 18.5. The van der Waals surface area contributed by atoms with E-state index in [0.717, 1.165) is 12.8 Å².